The first-order valence-corrected chi connectivity index (χ1v) is 6.95. The lowest BCUT2D eigenvalue weighted by atomic mass is 10.2. The number of aryl methyl sites for hydroxylation is 1. The second-order valence-corrected chi connectivity index (χ2v) is 5.31. The van der Waals surface area contributed by atoms with Gasteiger partial charge in [0.2, 0.25) is 11.0 Å². The average molecular weight is 307 g/mol. The second kappa shape index (κ2) is 6.75. The van der Waals surface area contributed by atoms with Crippen molar-refractivity contribution >= 4 is 33.8 Å². The molecule has 0 saturated heterocycles. The Bertz CT molecular complexity index is 658. The zero-order valence-electron chi connectivity index (χ0n) is 11.2. The van der Waals surface area contributed by atoms with Crippen molar-refractivity contribution in [2.45, 2.75) is 13.3 Å². The van der Waals surface area contributed by atoms with Crippen LogP contribution in [0.2, 0.25) is 0 Å². The average Bonchev–Trinajstić information content (AvgIpc) is 2.84. The van der Waals surface area contributed by atoms with Gasteiger partial charge in [0.1, 0.15) is 10.7 Å². The van der Waals surface area contributed by atoms with Gasteiger partial charge in [0.05, 0.1) is 4.92 Å². The van der Waals surface area contributed by atoms with Crippen LogP contribution in [-0.2, 0) is 4.79 Å². The highest BCUT2D eigenvalue weighted by Crippen LogP contribution is 2.23. The van der Waals surface area contributed by atoms with E-state index in [1.807, 2.05) is 0 Å². The lowest BCUT2D eigenvalue weighted by Crippen LogP contribution is -2.16. The number of amides is 1. The van der Waals surface area contributed by atoms with Crippen molar-refractivity contribution in [3.8, 4) is 0 Å². The van der Waals surface area contributed by atoms with Crippen molar-refractivity contribution in [1.29, 1.82) is 0 Å². The normalized spacial score (nSPS) is 10.1. The minimum absolute atomic E-state index is 0.0161. The Morgan fingerprint density at radius 3 is 2.81 bits per heavy atom. The Kier molecular flexibility index (Phi) is 4.77. The number of nitrogens with one attached hydrogen (secondary N) is 2. The molecule has 0 atom stereocenters. The summed E-state index contributed by atoms with van der Waals surface area (Å²) in [5, 5.41) is 25.1. The SMILES string of the molecule is Cc1nnc(NC(=O)CCNc2ccccc2[N+](=O)[O-])s1. The molecule has 1 amide bonds. The van der Waals surface area contributed by atoms with Crippen molar-refractivity contribution < 1.29 is 9.72 Å². The van der Waals surface area contributed by atoms with Gasteiger partial charge in [-0.15, -0.1) is 10.2 Å². The maximum atomic E-state index is 11.7. The van der Waals surface area contributed by atoms with Crippen molar-refractivity contribution in [2.24, 2.45) is 0 Å². The van der Waals surface area contributed by atoms with E-state index < -0.39 is 4.92 Å². The summed E-state index contributed by atoms with van der Waals surface area (Å²) in [6.07, 6.45) is 0.171. The fourth-order valence-corrected chi connectivity index (χ4v) is 2.23. The Hall–Kier alpha value is -2.55. The number of nitro benzene ring substituents is 1. The van der Waals surface area contributed by atoms with Crippen LogP contribution in [0.1, 0.15) is 11.4 Å². The molecule has 2 N–H and O–H groups in total. The molecule has 2 aromatic rings. The number of hydrogen-bond donors (Lipinski definition) is 2. The zero-order chi connectivity index (χ0) is 15.2. The lowest BCUT2D eigenvalue weighted by Gasteiger charge is -2.06. The molecule has 0 fully saturated rings. The third kappa shape index (κ3) is 4.21. The summed E-state index contributed by atoms with van der Waals surface area (Å²) in [6, 6.07) is 6.30. The van der Waals surface area contributed by atoms with Gasteiger partial charge in [-0.05, 0) is 13.0 Å². The number of hydrogen-bond acceptors (Lipinski definition) is 7. The van der Waals surface area contributed by atoms with E-state index in [1.165, 1.54) is 17.4 Å². The van der Waals surface area contributed by atoms with E-state index in [9.17, 15) is 14.9 Å². The number of benzene rings is 1. The molecule has 1 heterocycles. The van der Waals surface area contributed by atoms with Crippen LogP contribution in [0, 0.1) is 17.0 Å². The Morgan fingerprint density at radius 1 is 1.38 bits per heavy atom. The number of nitro groups is 1. The van der Waals surface area contributed by atoms with Crippen LogP contribution in [0.25, 0.3) is 0 Å². The number of aromatic nitrogens is 2. The van der Waals surface area contributed by atoms with Gasteiger partial charge in [-0.3, -0.25) is 14.9 Å². The van der Waals surface area contributed by atoms with Crippen LogP contribution in [0.15, 0.2) is 24.3 Å². The highest BCUT2D eigenvalue weighted by molar-refractivity contribution is 7.15. The molecule has 0 aliphatic carbocycles. The number of anilines is 2. The molecule has 0 aliphatic heterocycles. The van der Waals surface area contributed by atoms with Crippen LogP contribution >= 0.6 is 11.3 Å². The zero-order valence-corrected chi connectivity index (χ0v) is 12.0. The topological polar surface area (TPSA) is 110 Å². The van der Waals surface area contributed by atoms with Gasteiger partial charge in [0.15, 0.2) is 0 Å². The summed E-state index contributed by atoms with van der Waals surface area (Å²) in [4.78, 5) is 22.1. The van der Waals surface area contributed by atoms with Gasteiger partial charge < -0.3 is 10.6 Å². The number of carbonyl (C=O) groups is 1. The summed E-state index contributed by atoms with van der Waals surface area (Å²) >= 11 is 1.29. The molecule has 0 spiro atoms. The summed E-state index contributed by atoms with van der Waals surface area (Å²) in [5.41, 5.74) is 0.375. The van der Waals surface area contributed by atoms with E-state index in [0.29, 0.717) is 10.8 Å². The van der Waals surface area contributed by atoms with Crippen molar-refractivity contribution in [3.05, 3.63) is 39.4 Å². The molecule has 0 radical (unpaired) electrons. The molecule has 2 rings (SSSR count). The quantitative estimate of drug-likeness (QED) is 0.625. The van der Waals surface area contributed by atoms with Gasteiger partial charge in [-0.2, -0.15) is 0 Å². The molecule has 1 aromatic heterocycles. The minimum Gasteiger partial charge on any atom is -0.379 e. The number of rotatable bonds is 6. The molecule has 110 valence electrons. The van der Waals surface area contributed by atoms with E-state index >= 15 is 0 Å². The van der Waals surface area contributed by atoms with Crippen LogP contribution in [0.4, 0.5) is 16.5 Å². The van der Waals surface area contributed by atoms with Crippen molar-refractivity contribution in [3.63, 3.8) is 0 Å². The van der Waals surface area contributed by atoms with E-state index in [2.05, 4.69) is 20.8 Å². The van der Waals surface area contributed by atoms with Crippen molar-refractivity contribution in [2.75, 3.05) is 17.2 Å². The first kappa shape index (κ1) is 14.9. The first-order valence-electron chi connectivity index (χ1n) is 6.13. The Labute approximate surface area is 124 Å². The Balaban J connectivity index is 1.84. The number of nitrogens with zero attached hydrogens (tertiary/aromatic N) is 3. The van der Waals surface area contributed by atoms with Gasteiger partial charge >= 0.3 is 0 Å². The summed E-state index contributed by atoms with van der Waals surface area (Å²) in [5.74, 6) is -0.225. The van der Waals surface area contributed by atoms with E-state index in [0.717, 1.165) is 5.01 Å². The maximum Gasteiger partial charge on any atom is 0.292 e. The maximum absolute atomic E-state index is 11.7. The van der Waals surface area contributed by atoms with Gasteiger partial charge in [-0.25, -0.2) is 0 Å². The predicted octanol–water partition coefficient (Wildman–Crippen LogP) is 2.20. The van der Waals surface area contributed by atoms with Crippen LogP contribution < -0.4 is 10.6 Å². The first-order chi connectivity index (χ1) is 10.1. The van der Waals surface area contributed by atoms with Gasteiger partial charge in [0.25, 0.3) is 5.69 Å². The van der Waals surface area contributed by atoms with Gasteiger partial charge in [0, 0.05) is 19.0 Å². The van der Waals surface area contributed by atoms with Crippen molar-refractivity contribution in [1.82, 2.24) is 10.2 Å². The van der Waals surface area contributed by atoms with E-state index in [1.54, 1.807) is 25.1 Å². The summed E-state index contributed by atoms with van der Waals surface area (Å²) < 4.78 is 0. The minimum atomic E-state index is -0.466. The monoisotopic (exact) mass is 307 g/mol. The van der Waals surface area contributed by atoms with Crippen LogP contribution in [0.5, 0.6) is 0 Å². The molecular formula is C12H13N5O3S. The number of para-hydroxylation sites is 2. The third-order valence-electron chi connectivity index (χ3n) is 2.54. The van der Waals surface area contributed by atoms with Crippen LogP contribution in [0.3, 0.4) is 0 Å². The lowest BCUT2D eigenvalue weighted by molar-refractivity contribution is -0.384. The molecule has 21 heavy (non-hydrogen) atoms. The third-order valence-corrected chi connectivity index (χ3v) is 3.29. The molecule has 1 aromatic carbocycles. The fourth-order valence-electron chi connectivity index (χ4n) is 1.62. The highest BCUT2D eigenvalue weighted by Gasteiger charge is 2.12. The Morgan fingerprint density at radius 2 is 2.14 bits per heavy atom. The molecule has 0 aliphatic rings. The molecule has 9 heteroatoms. The largest absolute Gasteiger partial charge is 0.379 e. The number of carbonyl (C=O) groups excluding carboxylic acids is 1. The predicted molar refractivity (Wildman–Crippen MR) is 79.5 cm³/mol. The molecule has 0 saturated carbocycles. The molecule has 8 nitrogen and oxygen atoms in total. The molecule has 0 bridgehead atoms. The van der Waals surface area contributed by atoms with Gasteiger partial charge in [-0.1, -0.05) is 23.5 Å². The summed E-state index contributed by atoms with van der Waals surface area (Å²) in [7, 11) is 0. The van der Waals surface area contributed by atoms with Crippen LogP contribution in [-0.4, -0.2) is 27.6 Å². The summed E-state index contributed by atoms with van der Waals surface area (Å²) in [6.45, 7) is 2.08. The molecular weight excluding hydrogens is 294 g/mol. The highest BCUT2D eigenvalue weighted by atomic mass is 32.1. The fraction of sp³-hybridized carbons (Fsp3) is 0.250. The second-order valence-electron chi connectivity index (χ2n) is 4.13. The standard InChI is InChI=1S/C12H13N5O3S/c1-8-15-16-12(21-8)14-11(18)6-7-13-9-4-2-3-5-10(9)17(19)20/h2-5,13H,6-7H2,1H3,(H,14,16,18). The smallest absolute Gasteiger partial charge is 0.292 e. The van der Waals surface area contributed by atoms with E-state index in [-0.39, 0.29) is 24.6 Å². The molecule has 0 unspecified atom stereocenters. The van der Waals surface area contributed by atoms with E-state index in [4.69, 9.17) is 0 Å².